The van der Waals surface area contributed by atoms with Crippen LogP contribution in [0, 0.1) is 6.92 Å². The second-order valence-electron chi connectivity index (χ2n) is 2.57. The molecule has 0 unspecified atom stereocenters. The summed E-state index contributed by atoms with van der Waals surface area (Å²) in [5.74, 6) is -0.634. The van der Waals surface area contributed by atoms with Gasteiger partial charge in [0.05, 0.1) is 0 Å². The SMILES string of the molecule is Cc1cc(Br)ccc1NC(=O)C=O. The molecule has 68 valence electrons. The zero-order chi connectivity index (χ0) is 9.84. The van der Waals surface area contributed by atoms with Crippen molar-refractivity contribution in [3.05, 3.63) is 28.2 Å². The maximum Gasteiger partial charge on any atom is 0.288 e. The first-order valence-electron chi connectivity index (χ1n) is 3.66. The van der Waals surface area contributed by atoms with E-state index < -0.39 is 5.91 Å². The van der Waals surface area contributed by atoms with Crippen molar-refractivity contribution in [2.24, 2.45) is 0 Å². The van der Waals surface area contributed by atoms with Crippen molar-refractivity contribution in [2.75, 3.05) is 5.32 Å². The lowest BCUT2D eigenvalue weighted by Gasteiger charge is -2.05. The van der Waals surface area contributed by atoms with Crippen molar-refractivity contribution in [3.63, 3.8) is 0 Å². The molecule has 1 aromatic carbocycles. The highest BCUT2D eigenvalue weighted by Gasteiger charge is 2.02. The van der Waals surface area contributed by atoms with Gasteiger partial charge in [0.2, 0.25) is 6.29 Å². The first-order chi connectivity index (χ1) is 6.13. The molecule has 0 aliphatic carbocycles. The lowest BCUT2D eigenvalue weighted by molar-refractivity contribution is -0.127. The van der Waals surface area contributed by atoms with Crippen LogP contribution in [0.5, 0.6) is 0 Å². The van der Waals surface area contributed by atoms with Gasteiger partial charge in [-0.05, 0) is 30.7 Å². The van der Waals surface area contributed by atoms with Crippen molar-refractivity contribution in [3.8, 4) is 0 Å². The zero-order valence-corrected chi connectivity index (χ0v) is 8.59. The number of hydrogen-bond donors (Lipinski definition) is 1. The van der Waals surface area contributed by atoms with Gasteiger partial charge >= 0.3 is 0 Å². The van der Waals surface area contributed by atoms with Crippen LogP contribution in [0.25, 0.3) is 0 Å². The van der Waals surface area contributed by atoms with Gasteiger partial charge in [-0.15, -0.1) is 0 Å². The van der Waals surface area contributed by atoms with Crippen LogP contribution in [-0.4, -0.2) is 12.2 Å². The number of rotatable bonds is 2. The van der Waals surface area contributed by atoms with E-state index in [0.29, 0.717) is 5.69 Å². The van der Waals surface area contributed by atoms with E-state index in [4.69, 9.17) is 0 Å². The molecule has 0 aliphatic heterocycles. The first kappa shape index (κ1) is 9.92. The standard InChI is InChI=1S/C9H8BrNO2/c1-6-4-7(10)2-3-8(6)11-9(13)5-12/h2-5H,1H3,(H,11,13). The fraction of sp³-hybridized carbons (Fsp3) is 0.111. The number of nitrogens with one attached hydrogen (secondary N) is 1. The number of carbonyl (C=O) groups is 2. The topological polar surface area (TPSA) is 46.2 Å². The third kappa shape index (κ3) is 2.66. The van der Waals surface area contributed by atoms with Crippen molar-refractivity contribution in [2.45, 2.75) is 6.92 Å². The highest BCUT2D eigenvalue weighted by molar-refractivity contribution is 9.10. The fourth-order valence-electron chi connectivity index (χ4n) is 0.930. The fourth-order valence-corrected chi connectivity index (χ4v) is 1.41. The Labute approximate surface area is 84.3 Å². The van der Waals surface area contributed by atoms with Crippen LogP contribution < -0.4 is 5.32 Å². The number of amides is 1. The Morgan fingerprint density at radius 3 is 2.77 bits per heavy atom. The molecule has 0 saturated carbocycles. The van der Waals surface area contributed by atoms with Crippen LogP contribution in [0.2, 0.25) is 0 Å². The van der Waals surface area contributed by atoms with Crippen molar-refractivity contribution < 1.29 is 9.59 Å². The minimum Gasteiger partial charge on any atom is -0.319 e. The van der Waals surface area contributed by atoms with Crippen molar-refractivity contribution >= 4 is 33.8 Å². The van der Waals surface area contributed by atoms with E-state index in [1.807, 2.05) is 13.0 Å². The van der Waals surface area contributed by atoms with Crippen LogP contribution in [0.3, 0.4) is 0 Å². The van der Waals surface area contributed by atoms with Gasteiger partial charge in [0.1, 0.15) is 0 Å². The molecule has 0 bridgehead atoms. The lowest BCUT2D eigenvalue weighted by Crippen LogP contribution is -2.12. The van der Waals surface area contributed by atoms with Gasteiger partial charge in [0.25, 0.3) is 5.91 Å². The van der Waals surface area contributed by atoms with Crippen LogP contribution >= 0.6 is 15.9 Å². The Morgan fingerprint density at radius 2 is 2.23 bits per heavy atom. The Balaban J connectivity index is 2.89. The second-order valence-corrected chi connectivity index (χ2v) is 3.48. The summed E-state index contributed by atoms with van der Waals surface area (Å²) in [5.41, 5.74) is 1.56. The molecule has 1 N–H and O–H groups in total. The first-order valence-corrected chi connectivity index (χ1v) is 4.45. The molecule has 3 nitrogen and oxygen atoms in total. The molecule has 0 spiro atoms. The third-order valence-corrected chi connectivity index (χ3v) is 2.05. The number of aldehydes is 1. The Hall–Kier alpha value is -1.16. The van der Waals surface area contributed by atoms with Crippen LogP contribution in [-0.2, 0) is 9.59 Å². The summed E-state index contributed by atoms with van der Waals surface area (Å²) in [7, 11) is 0. The van der Waals surface area contributed by atoms with E-state index >= 15 is 0 Å². The Bertz CT molecular complexity index is 349. The smallest absolute Gasteiger partial charge is 0.288 e. The molecule has 0 atom stereocenters. The number of hydrogen-bond acceptors (Lipinski definition) is 2. The monoisotopic (exact) mass is 241 g/mol. The second kappa shape index (κ2) is 4.18. The Morgan fingerprint density at radius 1 is 1.54 bits per heavy atom. The average molecular weight is 242 g/mol. The summed E-state index contributed by atoms with van der Waals surface area (Å²) in [6.45, 7) is 1.85. The predicted octanol–water partition coefficient (Wildman–Crippen LogP) is 1.89. The highest BCUT2D eigenvalue weighted by Crippen LogP contribution is 2.19. The van der Waals surface area contributed by atoms with E-state index in [1.54, 1.807) is 12.1 Å². The number of halogens is 1. The van der Waals surface area contributed by atoms with Gasteiger partial charge in [-0.1, -0.05) is 15.9 Å². The molecular weight excluding hydrogens is 234 g/mol. The lowest BCUT2D eigenvalue weighted by atomic mass is 10.2. The maximum absolute atomic E-state index is 10.7. The van der Waals surface area contributed by atoms with Gasteiger partial charge in [-0.2, -0.15) is 0 Å². The third-order valence-electron chi connectivity index (χ3n) is 1.55. The number of carbonyl (C=O) groups excluding carboxylic acids is 2. The molecule has 0 aliphatic rings. The van der Waals surface area contributed by atoms with Crippen molar-refractivity contribution in [1.82, 2.24) is 0 Å². The number of anilines is 1. The maximum atomic E-state index is 10.7. The molecule has 1 amide bonds. The van der Waals surface area contributed by atoms with Gasteiger partial charge in [-0.3, -0.25) is 9.59 Å². The van der Waals surface area contributed by atoms with Gasteiger partial charge < -0.3 is 5.32 Å². The molecule has 4 heteroatoms. The van der Waals surface area contributed by atoms with E-state index in [0.717, 1.165) is 10.0 Å². The minimum atomic E-state index is -0.634. The predicted molar refractivity (Wildman–Crippen MR) is 53.6 cm³/mol. The van der Waals surface area contributed by atoms with Gasteiger partial charge in [-0.25, -0.2) is 0 Å². The summed E-state index contributed by atoms with van der Waals surface area (Å²) >= 11 is 3.30. The minimum absolute atomic E-state index is 0.251. The molecule has 1 aromatic rings. The average Bonchev–Trinajstić information content (AvgIpc) is 2.09. The van der Waals surface area contributed by atoms with Gasteiger partial charge in [0.15, 0.2) is 0 Å². The molecule has 0 saturated heterocycles. The molecular formula is C9H8BrNO2. The summed E-state index contributed by atoms with van der Waals surface area (Å²) < 4.78 is 0.939. The molecule has 13 heavy (non-hydrogen) atoms. The quantitative estimate of drug-likeness (QED) is 0.635. The van der Waals surface area contributed by atoms with Crippen molar-refractivity contribution in [1.29, 1.82) is 0 Å². The van der Waals surface area contributed by atoms with E-state index in [1.165, 1.54) is 0 Å². The molecule has 0 aromatic heterocycles. The molecule has 0 fully saturated rings. The Kier molecular flexibility index (Phi) is 3.19. The van der Waals surface area contributed by atoms with Gasteiger partial charge in [0, 0.05) is 10.2 Å². The molecule has 0 heterocycles. The van der Waals surface area contributed by atoms with Crippen LogP contribution in [0.1, 0.15) is 5.56 Å². The summed E-state index contributed by atoms with van der Waals surface area (Å²) in [5, 5.41) is 2.46. The summed E-state index contributed by atoms with van der Waals surface area (Å²) in [4.78, 5) is 20.8. The van der Waals surface area contributed by atoms with Crippen LogP contribution in [0.4, 0.5) is 5.69 Å². The van der Waals surface area contributed by atoms with E-state index in [-0.39, 0.29) is 6.29 Å². The van der Waals surface area contributed by atoms with E-state index in [9.17, 15) is 9.59 Å². The molecule has 1 rings (SSSR count). The number of aryl methyl sites for hydroxylation is 1. The normalized spacial score (nSPS) is 9.38. The van der Waals surface area contributed by atoms with E-state index in [2.05, 4.69) is 21.2 Å². The number of benzene rings is 1. The largest absolute Gasteiger partial charge is 0.319 e. The van der Waals surface area contributed by atoms with Crippen LogP contribution in [0.15, 0.2) is 22.7 Å². The zero-order valence-electron chi connectivity index (χ0n) is 7.00. The molecule has 0 radical (unpaired) electrons. The summed E-state index contributed by atoms with van der Waals surface area (Å²) in [6, 6.07) is 5.40. The summed E-state index contributed by atoms with van der Waals surface area (Å²) in [6.07, 6.45) is 0.251. The highest BCUT2D eigenvalue weighted by atomic mass is 79.9.